The average molecular weight is 400 g/mol. The fourth-order valence-electron chi connectivity index (χ4n) is 4.00. The minimum atomic E-state index is -0.863. The van der Waals surface area contributed by atoms with Crippen LogP contribution in [0.1, 0.15) is 65.1 Å². The van der Waals surface area contributed by atoms with Crippen LogP contribution in [0.3, 0.4) is 0 Å². The van der Waals surface area contributed by atoms with Gasteiger partial charge in [0.25, 0.3) is 0 Å². The van der Waals surface area contributed by atoms with Gasteiger partial charge in [-0.25, -0.2) is 4.79 Å². The Morgan fingerprint density at radius 2 is 1.89 bits per heavy atom. The first-order valence-electron chi connectivity index (χ1n) is 10.3. The van der Waals surface area contributed by atoms with Crippen LogP contribution in [0.25, 0.3) is 0 Å². The zero-order valence-electron chi connectivity index (χ0n) is 16.3. The van der Waals surface area contributed by atoms with Crippen molar-refractivity contribution in [3.63, 3.8) is 0 Å². The minimum absolute atomic E-state index is 0.289. The molecule has 3 rings (SSSR count). The summed E-state index contributed by atoms with van der Waals surface area (Å²) in [6.45, 7) is 0.780. The molecule has 1 atom stereocenters. The molecule has 5 heteroatoms. The standard InChI is InChI=1S/C23H29NO3S/c25-22-14-6-12-19(11-5-4-10-18-8-2-1-3-9-18)24(22)17-7-13-20-15-16-21(28-20)23(26)27/h1-3,8-9,15-16,19H,4-7,10-14,17H2,(H,26,27). The zero-order chi connectivity index (χ0) is 19.8. The van der Waals surface area contributed by atoms with Crippen molar-refractivity contribution >= 4 is 23.2 Å². The highest BCUT2D eigenvalue weighted by molar-refractivity contribution is 7.13. The molecule has 1 aromatic heterocycles. The third-order valence-corrected chi connectivity index (χ3v) is 6.61. The number of likely N-dealkylation sites (tertiary alicyclic amines) is 1. The summed E-state index contributed by atoms with van der Waals surface area (Å²) in [4.78, 5) is 27.0. The van der Waals surface area contributed by atoms with Crippen LogP contribution in [0.2, 0.25) is 0 Å². The van der Waals surface area contributed by atoms with Crippen LogP contribution >= 0.6 is 11.3 Å². The number of thiophene rings is 1. The number of carboxylic acid groups (broad SMARTS) is 1. The van der Waals surface area contributed by atoms with Crippen LogP contribution in [0.15, 0.2) is 42.5 Å². The summed E-state index contributed by atoms with van der Waals surface area (Å²) in [7, 11) is 0. The number of carboxylic acids is 1. The SMILES string of the molecule is O=C(O)c1ccc(CCCN2C(=O)CCCC2CCCCc2ccccc2)s1. The van der Waals surface area contributed by atoms with Crippen molar-refractivity contribution in [3.8, 4) is 0 Å². The normalized spacial score (nSPS) is 17.1. The van der Waals surface area contributed by atoms with Crippen LogP contribution in [0.4, 0.5) is 0 Å². The van der Waals surface area contributed by atoms with Gasteiger partial charge in [0.05, 0.1) is 0 Å². The molecular formula is C23H29NO3S. The number of amides is 1. The molecule has 1 saturated heterocycles. The van der Waals surface area contributed by atoms with Crippen molar-refractivity contribution in [3.05, 3.63) is 57.8 Å². The number of hydrogen-bond donors (Lipinski definition) is 1. The zero-order valence-corrected chi connectivity index (χ0v) is 17.1. The van der Waals surface area contributed by atoms with Crippen molar-refractivity contribution in [1.29, 1.82) is 0 Å². The summed E-state index contributed by atoms with van der Waals surface area (Å²) in [5, 5.41) is 9.03. The molecule has 1 fully saturated rings. The second-order valence-electron chi connectivity index (χ2n) is 7.54. The number of hydrogen-bond acceptors (Lipinski definition) is 3. The number of piperidine rings is 1. The summed E-state index contributed by atoms with van der Waals surface area (Å²) in [6, 6.07) is 14.5. The number of carbonyl (C=O) groups excluding carboxylic acids is 1. The van der Waals surface area contributed by atoms with E-state index < -0.39 is 5.97 Å². The van der Waals surface area contributed by atoms with E-state index in [0.29, 0.717) is 17.3 Å². The second kappa shape index (κ2) is 10.4. The average Bonchev–Trinajstić information content (AvgIpc) is 3.17. The third kappa shape index (κ3) is 5.93. The van der Waals surface area contributed by atoms with Crippen LogP contribution in [0.5, 0.6) is 0 Å². The number of nitrogens with zero attached hydrogens (tertiary/aromatic N) is 1. The highest BCUT2D eigenvalue weighted by atomic mass is 32.1. The summed E-state index contributed by atoms with van der Waals surface area (Å²) in [5.41, 5.74) is 1.38. The van der Waals surface area contributed by atoms with Gasteiger partial charge in [-0.15, -0.1) is 11.3 Å². The molecule has 2 heterocycles. The van der Waals surface area contributed by atoms with Gasteiger partial charge in [-0.3, -0.25) is 4.79 Å². The van der Waals surface area contributed by atoms with Crippen LogP contribution in [-0.4, -0.2) is 34.5 Å². The van der Waals surface area contributed by atoms with Gasteiger partial charge >= 0.3 is 5.97 Å². The largest absolute Gasteiger partial charge is 0.477 e. The summed E-state index contributed by atoms with van der Waals surface area (Å²) in [6.07, 6.45) is 9.01. The van der Waals surface area contributed by atoms with E-state index in [4.69, 9.17) is 5.11 Å². The number of unbranched alkanes of at least 4 members (excludes halogenated alkanes) is 1. The molecule has 0 saturated carbocycles. The molecule has 0 spiro atoms. The van der Waals surface area contributed by atoms with Crippen molar-refractivity contribution in [2.45, 2.75) is 63.8 Å². The maximum Gasteiger partial charge on any atom is 0.345 e. The molecule has 1 aromatic carbocycles. The molecule has 1 unspecified atom stereocenters. The third-order valence-electron chi connectivity index (χ3n) is 5.48. The topological polar surface area (TPSA) is 57.6 Å². The molecule has 1 aliphatic heterocycles. The Kier molecular flexibility index (Phi) is 7.66. The fraction of sp³-hybridized carbons (Fsp3) is 0.478. The smallest absolute Gasteiger partial charge is 0.345 e. The molecule has 4 nitrogen and oxygen atoms in total. The first-order chi connectivity index (χ1) is 13.6. The van der Waals surface area contributed by atoms with Crippen molar-refractivity contribution in [1.82, 2.24) is 4.90 Å². The Morgan fingerprint density at radius 1 is 1.07 bits per heavy atom. The van der Waals surface area contributed by atoms with Crippen LogP contribution in [0, 0.1) is 0 Å². The molecule has 1 amide bonds. The molecule has 0 radical (unpaired) electrons. The lowest BCUT2D eigenvalue weighted by molar-refractivity contribution is -0.136. The number of benzene rings is 1. The van der Waals surface area contributed by atoms with Crippen molar-refractivity contribution in [2.24, 2.45) is 0 Å². The fourth-order valence-corrected chi connectivity index (χ4v) is 4.89. The Bertz CT molecular complexity index is 771. The molecule has 2 aromatic rings. The first kappa shape index (κ1) is 20.6. The number of aryl methyl sites for hydroxylation is 2. The van der Waals surface area contributed by atoms with E-state index in [1.807, 2.05) is 12.1 Å². The van der Waals surface area contributed by atoms with Gasteiger partial charge < -0.3 is 10.0 Å². The lowest BCUT2D eigenvalue weighted by Crippen LogP contribution is -2.44. The van der Waals surface area contributed by atoms with E-state index in [0.717, 1.165) is 62.8 Å². The van der Waals surface area contributed by atoms with Gasteiger partial charge in [0.2, 0.25) is 5.91 Å². The monoisotopic (exact) mass is 399 g/mol. The lowest BCUT2D eigenvalue weighted by Gasteiger charge is -2.36. The summed E-state index contributed by atoms with van der Waals surface area (Å²) >= 11 is 1.34. The predicted molar refractivity (Wildman–Crippen MR) is 113 cm³/mol. The molecule has 150 valence electrons. The highest BCUT2D eigenvalue weighted by Gasteiger charge is 2.27. The number of rotatable bonds is 10. The van der Waals surface area contributed by atoms with E-state index in [-0.39, 0.29) is 5.91 Å². The Labute approximate surface area is 171 Å². The van der Waals surface area contributed by atoms with Gasteiger partial charge in [0, 0.05) is 23.9 Å². The maximum atomic E-state index is 12.4. The van der Waals surface area contributed by atoms with Gasteiger partial charge in [-0.1, -0.05) is 36.8 Å². The van der Waals surface area contributed by atoms with Gasteiger partial charge in [-0.05, 0) is 62.6 Å². The molecular weight excluding hydrogens is 370 g/mol. The second-order valence-corrected chi connectivity index (χ2v) is 8.71. The Hall–Kier alpha value is -2.14. The molecule has 0 aliphatic carbocycles. The Morgan fingerprint density at radius 3 is 2.64 bits per heavy atom. The van der Waals surface area contributed by atoms with E-state index in [1.54, 1.807) is 6.07 Å². The highest BCUT2D eigenvalue weighted by Crippen LogP contribution is 2.24. The Balaban J connectivity index is 1.43. The van der Waals surface area contributed by atoms with Gasteiger partial charge in [0.15, 0.2) is 0 Å². The number of carbonyl (C=O) groups is 2. The summed E-state index contributed by atoms with van der Waals surface area (Å²) in [5.74, 6) is -0.574. The van der Waals surface area contributed by atoms with Crippen LogP contribution in [-0.2, 0) is 17.6 Å². The molecule has 1 aliphatic rings. The minimum Gasteiger partial charge on any atom is -0.477 e. The molecule has 28 heavy (non-hydrogen) atoms. The number of aromatic carboxylic acids is 1. The van der Waals surface area contributed by atoms with E-state index >= 15 is 0 Å². The molecule has 0 bridgehead atoms. The maximum absolute atomic E-state index is 12.4. The lowest BCUT2D eigenvalue weighted by atomic mass is 9.95. The van der Waals surface area contributed by atoms with Crippen molar-refractivity contribution in [2.75, 3.05) is 6.54 Å². The molecule has 1 N–H and O–H groups in total. The van der Waals surface area contributed by atoms with E-state index in [9.17, 15) is 9.59 Å². The van der Waals surface area contributed by atoms with Gasteiger partial charge in [0.1, 0.15) is 4.88 Å². The van der Waals surface area contributed by atoms with E-state index in [2.05, 4.69) is 29.2 Å². The quantitative estimate of drug-likeness (QED) is 0.561. The first-order valence-corrected chi connectivity index (χ1v) is 11.1. The van der Waals surface area contributed by atoms with E-state index in [1.165, 1.54) is 16.9 Å². The summed E-state index contributed by atoms with van der Waals surface area (Å²) < 4.78 is 0. The van der Waals surface area contributed by atoms with Crippen LogP contribution < -0.4 is 0 Å². The van der Waals surface area contributed by atoms with Gasteiger partial charge in [-0.2, -0.15) is 0 Å². The predicted octanol–water partition coefficient (Wildman–Crippen LogP) is 5.17. The van der Waals surface area contributed by atoms with Crippen molar-refractivity contribution < 1.29 is 14.7 Å².